The van der Waals surface area contributed by atoms with Gasteiger partial charge in [0.25, 0.3) is 0 Å². The molecule has 0 amide bonds. The second-order valence-corrected chi connectivity index (χ2v) is 8.60. The molecule has 2 atom stereocenters. The Hall–Kier alpha value is -1.59. The zero-order valence-electron chi connectivity index (χ0n) is 16.9. The maximum atomic E-state index is 5.58. The Morgan fingerprint density at radius 3 is 2.67 bits per heavy atom. The highest BCUT2D eigenvalue weighted by Gasteiger charge is 2.35. The maximum absolute atomic E-state index is 5.58. The molecule has 5 heteroatoms. The zero-order chi connectivity index (χ0) is 19.4. The van der Waals surface area contributed by atoms with E-state index in [9.17, 15) is 0 Å². The van der Waals surface area contributed by atoms with Gasteiger partial charge in [-0.15, -0.1) is 0 Å². The summed E-state index contributed by atoms with van der Waals surface area (Å²) in [5, 5.41) is 0. The van der Waals surface area contributed by atoms with Crippen molar-refractivity contribution in [1.82, 2.24) is 14.9 Å². The molecule has 4 nitrogen and oxygen atoms in total. The van der Waals surface area contributed by atoms with Crippen LogP contribution in [0.1, 0.15) is 49.3 Å². The van der Waals surface area contributed by atoms with Gasteiger partial charge in [-0.1, -0.05) is 6.07 Å². The van der Waals surface area contributed by atoms with Crippen LogP contribution in [0.4, 0.5) is 0 Å². The van der Waals surface area contributed by atoms with Gasteiger partial charge in [0.15, 0.2) is 0 Å². The van der Waals surface area contributed by atoms with E-state index in [4.69, 9.17) is 22.3 Å². The van der Waals surface area contributed by atoms with Crippen molar-refractivity contribution < 1.29 is 4.74 Å². The van der Waals surface area contributed by atoms with Crippen LogP contribution < -0.4 is 4.74 Å². The van der Waals surface area contributed by atoms with E-state index in [1.165, 1.54) is 18.4 Å². The van der Waals surface area contributed by atoms with Gasteiger partial charge in [0.2, 0.25) is 5.88 Å². The molecule has 0 saturated carbocycles. The molecule has 0 aromatic carbocycles. The molecular weight excluding hydrogens is 354 g/mol. The number of rotatable bonds is 6. The lowest BCUT2D eigenvalue weighted by Crippen LogP contribution is -2.46. The zero-order valence-corrected chi connectivity index (χ0v) is 17.8. The highest BCUT2D eigenvalue weighted by Crippen LogP contribution is 2.36. The lowest BCUT2D eigenvalue weighted by molar-refractivity contribution is 0.109. The molecule has 146 valence electrons. The molecule has 1 aliphatic heterocycles. The Morgan fingerprint density at radius 1 is 1.22 bits per heavy atom. The summed E-state index contributed by atoms with van der Waals surface area (Å²) < 4.78 is 5.58. The Balaban J connectivity index is 1.73. The van der Waals surface area contributed by atoms with Gasteiger partial charge in [0.05, 0.1) is 12.3 Å². The Labute approximate surface area is 168 Å². The second-order valence-electron chi connectivity index (χ2n) is 7.73. The second kappa shape index (κ2) is 8.61. The van der Waals surface area contributed by atoms with E-state index in [0.29, 0.717) is 18.4 Å². The summed E-state index contributed by atoms with van der Waals surface area (Å²) in [6.45, 7) is 11.0. The average molecular weight is 386 g/mol. The first kappa shape index (κ1) is 20.2. The molecule has 3 heterocycles. The summed E-state index contributed by atoms with van der Waals surface area (Å²) in [4.78, 5) is 11.2. The quantitative estimate of drug-likeness (QED) is 0.741. The number of piperidine rings is 1. The van der Waals surface area contributed by atoms with Crippen LogP contribution >= 0.6 is 12.6 Å². The third-order valence-electron chi connectivity index (χ3n) is 5.30. The van der Waals surface area contributed by atoms with Gasteiger partial charge in [-0.25, -0.2) is 4.98 Å². The molecule has 0 aliphatic carbocycles. The first-order valence-corrected chi connectivity index (χ1v) is 10.3. The monoisotopic (exact) mass is 385 g/mol. The normalized spacial score (nSPS) is 20.3. The molecule has 3 rings (SSSR count). The van der Waals surface area contributed by atoms with Gasteiger partial charge in [-0.2, -0.15) is 12.6 Å². The number of aromatic nitrogens is 2. The molecule has 0 N–H and O–H groups in total. The van der Waals surface area contributed by atoms with E-state index < -0.39 is 4.87 Å². The fraction of sp³-hybridized carbons (Fsp3) is 0.545. The molecule has 2 aromatic heterocycles. The standard InChI is InChI=1S/C22H31N3OS/c1-5-26-21-10-6-9-20(24-21)22(4,27)25-11-7-8-18(15-25)14-19-12-16(2)23-17(3)13-19/h6,9-10,12-13,18,27H,5,7-8,11,14-15H2,1-4H3/t18-,22+/m1/s1. The minimum atomic E-state index is -0.407. The lowest BCUT2D eigenvalue weighted by atomic mass is 9.90. The van der Waals surface area contributed by atoms with Crippen molar-refractivity contribution >= 4 is 12.6 Å². The van der Waals surface area contributed by atoms with Crippen molar-refractivity contribution in [3.8, 4) is 5.88 Å². The predicted octanol–water partition coefficient (Wildman–Crippen LogP) is 4.55. The van der Waals surface area contributed by atoms with Gasteiger partial charge in [-0.3, -0.25) is 9.88 Å². The number of nitrogens with zero attached hydrogens (tertiary/aromatic N) is 3. The SMILES string of the molecule is CCOc1cccc([C@](C)(S)N2CCC[C@H](Cc3cc(C)nc(C)c3)C2)n1. The van der Waals surface area contributed by atoms with Crippen LogP contribution in [0.25, 0.3) is 0 Å². The van der Waals surface area contributed by atoms with E-state index in [2.05, 4.69) is 48.9 Å². The number of aryl methyl sites for hydroxylation is 2. The van der Waals surface area contributed by atoms with Crippen LogP contribution in [-0.4, -0.2) is 34.6 Å². The smallest absolute Gasteiger partial charge is 0.213 e. The molecular formula is C22H31N3OS. The van der Waals surface area contributed by atoms with Crippen molar-refractivity contribution in [2.24, 2.45) is 5.92 Å². The van der Waals surface area contributed by atoms with Crippen LogP contribution in [-0.2, 0) is 11.3 Å². The molecule has 0 unspecified atom stereocenters. The maximum Gasteiger partial charge on any atom is 0.213 e. The van der Waals surface area contributed by atoms with Gasteiger partial charge in [0.1, 0.15) is 4.87 Å². The lowest BCUT2D eigenvalue weighted by Gasteiger charge is -2.42. The van der Waals surface area contributed by atoms with E-state index in [0.717, 1.165) is 36.6 Å². The number of ether oxygens (including phenoxy) is 1. The first-order chi connectivity index (χ1) is 12.9. The van der Waals surface area contributed by atoms with Gasteiger partial charge >= 0.3 is 0 Å². The summed E-state index contributed by atoms with van der Waals surface area (Å²) in [5.74, 6) is 1.30. The topological polar surface area (TPSA) is 38.2 Å². The van der Waals surface area contributed by atoms with E-state index >= 15 is 0 Å². The van der Waals surface area contributed by atoms with Crippen LogP contribution in [0.3, 0.4) is 0 Å². The number of likely N-dealkylation sites (tertiary alicyclic amines) is 1. The summed E-state index contributed by atoms with van der Waals surface area (Å²) in [7, 11) is 0. The third-order valence-corrected chi connectivity index (χ3v) is 5.81. The van der Waals surface area contributed by atoms with Crippen LogP contribution in [0.5, 0.6) is 5.88 Å². The Kier molecular flexibility index (Phi) is 6.43. The Morgan fingerprint density at radius 2 is 1.96 bits per heavy atom. The number of pyridine rings is 2. The average Bonchev–Trinajstić information content (AvgIpc) is 2.61. The number of hydrogen-bond acceptors (Lipinski definition) is 5. The fourth-order valence-corrected chi connectivity index (χ4v) is 4.37. The molecule has 2 aromatic rings. The minimum absolute atomic E-state index is 0.407. The van der Waals surface area contributed by atoms with Crippen molar-refractivity contribution in [2.45, 2.75) is 51.8 Å². The largest absolute Gasteiger partial charge is 0.478 e. The van der Waals surface area contributed by atoms with Crippen molar-refractivity contribution in [1.29, 1.82) is 0 Å². The van der Waals surface area contributed by atoms with Gasteiger partial charge in [0, 0.05) is 24.0 Å². The van der Waals surface area contributed by atoms with E-state index in [1.807, 2.05) is 19.1 Å². The van der Waals surface area contributed by atoms with Crippen molar-refractivity contribution in [3.63, 3.8) is 0 Å². The summed E-state index contributed by atoms with van der Waals surface area (Å²) >= 11 is 5.03. The molecule has 1 aliphatic rings. The van der Waals surface area contributed by atoms with Gasteiger partial charge < -0.3 is 4.74 Å². The number of hydrogen-bond donors (Lipinski definition) is 1. The first-order valence-electron chi connectivity index (χ1n) is 9.90. The van der Waals surface area contributed by atoms with E-state index in [-0.39, 0.29) is 0 Å². The van der Waals surface area contributed by atoms with Crippen LogP contribution in [0, 0.1) is 19.8 Å². The third kappa shape index (κ3) is 5.02. The van der Waals surface area contributed by atoms with Crippen LogP contribution in [0.15, 0.2) is 30.3 Å². The number of thiol groups is 1. The van der Waals surface area contributed by atoms with E-state index in [1.54, 1.807) is 0 Å². The van der Waals surface area contributed by atoms with Gasteiger partial charge in [-0.05, 0) is 83.2 Å². The van der Waals surface area contributed by atoms with Crippen molar-refractivity contribution in [2.75, 3.05) is 19.7 Å². The molecule has 0 spiro atoms. The predicted molar refractivity (Wildman–Crippen MR) is 113 cm³/mol. The fourth-order valence-electron chi connectivity index (χ4n) is 4.07. The molecule has 0 bridgehead atoms. The van der Waals surface area contributed by atoms with Crippen LogP contribution in [0.2, 0.25) is 0 Å². The molecule has 1 saturated heterocycles. The molecule has 27 heavy (non-hydrogen) atoms. The Bertz CT molecular complexity index is 758. The summed E-state index contributed by atoms with van der Waals surface area (Å²) in [6, 6.07) is 10.4. The summed E-state index contributed by atoms with van der Waals surface area (Å²) in [5.41, 5.74) is 4.56. The highest BCUT2D eigenvalue weighted by atomic mass is 32.1. The highest BCUT2D eigenvalue weighted by molar-refractivity contribution is 7.81. The van der Waals surface area contributed by atoms with Crippen molar-refractivity contribution in [3.05, 3.63) is 53.0 Å². The summed E-state index contributed by atoms with van der Waals surface area (Å²) in [6.07, 6.45) is 3.54. The minimum Gasteiger partial charge on any atom is -0.478 e. The molecule has 1 fully saturated rings. The molecule has 0 radical (unpaired) electrons.